The van der Waals surface area contributed by atoms with E-state index in [9.17, 15) is 14.0 Å². The Morgan fingerprint density at radius 3 is 2.61 bits per heavy atom. The van der Waals surface area contributed by atoms with Crippen LogP contribution in [0.2, 0.25) is 0 Å². The summed E-state index contributed by atoms with van der Waals surface area (Å²) in [6, 6.07) is 4.72. The van der Waals surface area contributed by atoms with Crippen LogP contribution in [0.4, 0.5) is 15.1 Å². The number of aryl methyl sites for hydroxylation is 1. The van der Waals surface area contributed by atoms with Gasteiger partial charge >= 0.3 is 11.9 Å². The first-order valence-electron chi connectivity index (χ1n) is 10.1. The Kier molecular flexibility index (Phi) is 7.27. The number of carbonyl (C=O) groups excluding carboxylic acids is 2. The van der Waals surface area contributed by atoms with Crippen molar-refractivity contribution >= 4 is 51.3 Å². The van der Waals surface area contributed by atoms with Crippen molar-refractivity contribution < 1.29 is 23.5 Å². The minimum Gasteiger partial charge on any atom is -0.462 e. The average Bonchev–Trinajstić information content (AvgIpc) is 3.04. The molecule has 1 aliphatic heterocycles. The van der Waals surface area contributed by atoms with Crippen molar-refractivity contribution in [3.63, 3.8) is 0 Å². The molecule has 0 amide bonds. The van der Waals surface area contributed by atoms with Crippen LogP contribution >= 0.6 is 23.6 Å². The second-order valence-corrected chi connectivity index (χ2v) is 8.57. The Labute approximate surface area is 190 Å². The van der Waals surface area contributed by atoms with E-state index in [0.717, 1.165) is 35.4 Å². The van der Waals surface area contributed by atoms with Crippen molar-refractivity contribution in [2.45, 2.75) is 46.6 Å². The van der Waals surface area contributed by atoms with Gasteiger partial charge in [-0.25, -0.2) is 14.0 Å². The molecule has 0 bridgehead atoms. The number of hydrogen-bond donors (Lipinski definition) is 1. The number of halogens is 1. The molecule has 166 valence electrons. The van der Waals surface area contributed by atoms with Crippen LogP contribution < -0.4 is 10.2 Å². The third kappa shape index (κ3) is 4.72. The molecule has 0 saturated carbocycles. The Morgan fingerprint density at radius 1 is 1.26 bits per heavy atom. The summed E-state index contributed by atoms with van der Waals surface area (Å²) >= 11 is 6.79. The molecule has 0 fully saturated rings. The van der Waals surface area contributed by atoms with Crippen LogP contribution in [-0.2, 0) is 15.9 Å². The molecule has 1 aromatic heterocycles. The second-order valence-electron chi connectivity index (χ2n) is 7.16. The fourth-order valence-corrected chi connectivity index (χ4v) is 5.16. The minimum atomic E-state index is -0.536. The highest BCUT2D eigenvalue weighted by Gasteiger charge is 2.30. The number of nitrogens with zero attached hydrogens (tertiary/aromatic N) is 1. The maximum atomic E-state index is 13.7. The topological polar surface area (TPSA) is 67.9 Å². The van der Waals surface area contributed by atoms with E-state index in [1.54, 1.807) is 26.8 Å². The zero-order valence-electron chi connectivity index (χ0n) is 17.9. The first kappa shape index (κ1) is 23.1. The van der Waals surface area contributed by atoms with Crippen LogP contribution in [0.25, 0.3) is 0 Å². The molecule has 1 aromatic carbocycles. The van der Waals surface area contributed by atoms with Crippen LogP contribution in [0.15, 0.2) is 18.2 Å². The Morgan fingerprint density at radius 2 is 1.94 bits per heavy atom. The number of anilines is 2. The number of benzene rings is 1. The molecule has 0 radical (unpaired) electrons. The molecule has 1 N–H and O–H groups in total. The molecule has 2 heterocycles. The number of nitrogens with one attached hydrogen (secondary N) is 1. The molecular formula is C22H25FN2O4S2. The number of hydrogen-bond acceptors (Lipinski definition) is 6. The zero-order chi connectivity index (χ0) is 22.7. The fraction of sp³-hybridized carbons (Fsp3) is 0.409. The number of ether oxygens (including phenoxy) is 2. The number of rotatable bonds is 5. The Bertz CT molecular complexity index is 1020. The standard InChI is InChI=1S/C22H25FN2O4S2/c1-5-28-20(26)17-13(4)18(21(27)29-6-2)31-19(17)24-22(30)25-12(3)7-8-14-11-15(23)9-10-16(14)25/h9-12H,5-8H2,1-4H3,(H,24,30). The van der Waals surface area contributed by atoms with E-state index in [1.165, 1.54) is 12.1 Å². The first-order chi connectivity index (χ1) is 14.8. The van der Waals surface area contributed by atoms with E-state index in [4.69, 9.17) is 21.7 Å². The second kappa shape index (κ2) is 9.74. The van der Waals surface area contributed by atoms with Gasteiger partial charge in [-0.05, 0) is 82.1 Å². The third-order valence-corrected chi connectivity index (χ3v) is 6.59. The van der Waals surface area contributed by atoms with Crippen LogP contribution in [0, 0.1) is 12.7 Å². The van der Waals surface area contributed by atoms with Gasteiger partial charge in [-0.1, -0.05) is 0 Å². The van der Waals surface area contributed by atoms with E-state index in [-0.39, 0.29) is 30.6 Å². The van der Waals surface area contributed by atoms with Gasteiger partial charge in [0.15, 0.2) is 5.11 Å². The Hall–Kier alpha value is -2.52. The molecule has 2 aromatic rings. The molecule has 3 rings (SSSR count). The van der Waals surface area contributed by atoms with Crippen molar-refractivity contribution in [2.24, 2.45) is 0 Å². The summed E-state index contributed by atoms with van der Waals surface area (Å²) in [6.45, 7) is 7.59. The maximum Gasteiger partial charge on any atom is 0.348 e. The van der Waals surface area contributed by atoms with Crippen molar-refractivity contribution in [1.82, 2.24) is 0 Å². The van der Waals surface area contributed by atoms with Gasteiger partial charge in [-0.2, -0.15) is 0 Å². The zero-order valence-corrected chi connectivity index (χ0v) is 19.5. The van der Waals surface area contributed by atoms with E-state index in [2.05, 4.69) is 5.32 Å². The Balaban J connectivity index is 1.98. The van der Waals surface area contributed by atoms with Gasteiger partial charge in [0, 0.05) is 11.7 Å². The van der Waals surface area contributed by atoms with E-state index in [1.807, 2.05) is 11.8 Å². The van der Waals surface area contributed by atoms with Crippen LogP contribution in [-0.4, -0.2) is 36.3 Å². The van der Waals surface area contributed by atoms with Crippen LogP contribution in [0.5, 0.6) is 0 Å². The van der Waals surface area contributed by atoms with Gasteiger partial charge in [0.25, 0.3) is 0 Å². The molecule has 0 spiro atoms. The summed E-state index contributed by atoms with van der Waals surface area (Å²) < 4.78 is 24.0. The predicted octanol–water partition coefficient (Wildman–Crippen LogP) is 5.09. The summed E-state index contributed by atoms with van der Waals surface area (Å²) in [5.41, 5.74) is 2.46. The molecule has 1 atom stereocenters. The van der Waals surface area contributed by atoms with Crippen molar-refractivity contribution in [2.75, 3.05) is 23.4 Å². The summed E-state index contributed by atoms with van der Waals surface area (Å²) in [7, 11) is 0. The molecule has 0 saturated heterocycles. The summed E-state index contributed by atoms with van der Waals surface area (Å²) in [5, 5.41) is 3.92. The van der Waals surface area contributed by atoms with Crippen LogP contribution in [0.3, 0.4) is 0 Å². The average molecular weight is 465 g/mol. The van der Waals surface area contributed by atoms with E-state index < -0.39 is 11.9 Å². The predicted molar refractivity (Wildman–Crippen MR) is 124 cm³/mol. The quantitative estimate of drug-likeness (QED) is 0.488. The molecular weight excluding hydrogens is 439 g/mol. The smallest absolute Gasteiger partial charge is 0.348 e. The van der Waals surface area contributed by atoms with Gasteiger partial charge in [-0.15, -0.1) is 11.3 Å². The van der Waals surface area contributed by atoms with Gasteiger partial charge in [0.1, 0.15) is 15.7 Å². The van der Waals surface area contributed by atoms with Gasteiger partial charge in [0.05, 0.1) is 18.8 Å². The van der Waals surface area contributed by atoms with Crippen molar-refractivity contribution in [1.29, 1.82) is 0 Å². The molecule has 1 unspecified atom stereocenters. The molecule has 0 aliphatic carbocycles. The fourth-order valence-electron chi connectivity index (χ4n) is 3.63. The number of fused-ring (bicyclic) bond motifs is 1. The van der Waals surface area contributed by atoms with Crippen molar-refractivity contribution in [3.05, 3.63) is 45.6 Å². The lowest BCUT2D eigenvalue weighted by atomic mass is 9.97. The normalized spacial score (nSPS) is 15.3. The van der Waals surface area contributed by atoms with Gasteiger partial charge < -0.3 is 19.7 Å². The van der Waals surface area contributed by atoms with Crippen LogP contribution in [0.1, 0.15) is 58.3 Å². The lowest BCUT2D eigenvalue weighted by Crippen LogP contribution is -2.44. The van der Waals surface area contributed by atoms with E-state index in [0.29, 0.717) is 20.6 Å². The molecule has 1 aliphatic rings. The van der Waals surface area contributed by atoms with Gasteiger partial charge in [-0.3, -0.25) is 0 Å². The molecule has 9 heteroatoms. The highest BCUT2D eigenvalue weighted by Crippen LogP contribution is 2.36. The maximum absolute atomic E-state index is 13.7. The summed E-state index contributed by atoms with van der Waals surface area (Å²) in [5.74, 6) is -1.32. The lowest BCUT2D eigenvalue weighted by molar-refractivity contribution is 0.0527. The monoisotopic (exact) mass is 464 g/mol. The highest BCUT2D eigenvalue weighted by atomic mass is 32.1. The number of thiophene rings is 1. The van der Waals surface area contributed by atoms with Crippen molar-refractivity contribution in [3.8, 4) is 0 Å². The largest absolute Gasteiger partial charge is 0.462 e. The molecule has 6 nitrogen and oxygen atoms in total. The number of carbonyl (C=O) groups is 2. The van der Waals surface area contributed by atoms with Gasteiger partial charge in [0.2, 0.25) is 0 Å². The van der Waals surface area contributed by atoms with E-state index >= 15 is 0 Å². The minimum absolute atomic E-state index is 0.0783. The molecule has 31 heavy (non-hydrogen) atoms. The SMILES string of the molecule is CCOC(=O)c1sc(NC(=S)N2c3ccc(F)cc3CCC2C)c(C(=O)OCC)c1C. The third-order valence-electron chi connectivity index (χ3n) is 5.10. The number of esters is 2. The summed E-state index contributed by atoms with van der Waals surface area (Å²) in [4.78, 5) is 27.2. The highest BCUT2D eigenvalue weighted by molar-refractivity contribution is 7.80. The summed E-state index contributed by atoms with van der Waals surface area (Å²) in [6.07, 6.45) is 1.56. The number of thiocarbonyl (C=S) groups is 1. The first-order valence-corrected chi connectivity index (χ1v) is 11.4. The lowest BCUT2D eigenvalue weighted by Gasteiger charge is -2.37.